The van der Waals surface area contributed by atoms with Crippen LogP contribution in [0.2, 0.25) is 0 Å². The summed E-state index contributed by atoms with van der Waals surface area (Å²) in [5.41, 5.74) is 1.25. The number of hydrogen-bond donors (Lipinski definition) is 1. The topological polar surface area (TPSA) is 38.8 Å². The summed E-state index contributed by atoms with van der Waals surface area (Å²) < 4.78 is 0. The third kappa shape index (κ3) is 6.42. The first-order valence-electron chi connectivity index (χ1n) is 8.67. The van der Waals surface area contributed by atoms with Gasteiger partial charge in [-0.1, -0.05) is 30.3 Å². The van der Waals surface area contributed by atoms with E-state index in [1.165, 1.54) is 5.56 Å². The lowest BCUT2D eigenvalue weighted by Crippen LogP contribution is -2.49. The molecular weight excluding hydrogens is 359 g/mol. The number of hydrogen-bond acceptors (Lipinski definition) is 4. The van der Waals surface area contributed by atoms with Crippen LogP contribution in [0.5, 0.6) is 0 Å². The maximum Gasteiger partial charge on any atom is 0.236 e. The van der Waals surface area contributed by atoms with Crippen LogP contribution in [-0.2, 0) is 11.3 Å². The lowest BCUT2D eigenvalue weighted by Gasteiger charge is -2.32. The average Bonchev–Trinajstić information content (AvgIpc) is 3.06. The molecule has 0 spiro atoms. The maximum atomic E-state index is 12.5. The summed E-state index contributed by atoms with van der Waals surface area (Å²) in [5.74, 6) is 0.265. The molecule has 5 nitrogen and oxygen atoms in total. The molecule has 0 aliphatic carbocycles. The van der Waals surface area contributed by atoms with Crippen LogP contribution in [0.25, 0.3) is 0 Å². The van der Waals surface area contributed by atoms with Crippen LogP contribution in [0.15, 0.2) is 30.3 Å². The predicted octanol–water partition coefficient (Wildman–Crippen LogP) is 1.47. The number of carbonyl (C=O) groups excluding carboxylic acids is 1. The minimum Gasteiger partial charge on any atom is -0.340 e. The number of likely N-dealkylation sites (N-methyl/N-ethyl adjacent to an activating group) is 1. The second-order valence-corrected chi connectivity index (χ2v) is 6.73. The molecule has 1 N–H and O–H groups in total. The number of likely N-dealkylation sites (tertiary alicyclic amines) is 1. The first-order valence-corrected chi connectivity index (χ1v) is 8.67. The number of benzene rings is 1. The first kappa shape index (κ1) is 22.2. The fourth-order valence-electron chi connectivity index (χ4n) is 3.60. The zero-order chi connectivity index (χ0) is 16.1. The van der Waals surface area contributed by atoms with Crippen molar-refractivity contribution in [3.8, 4) is 0 Å². The van der Waals surface area contributed by atoms with Crippen molar-refractivity contribution in [2.75, 3.05) is 52.9 Å². The normalized spacial score (nSPS) is 20.9. The lowest BCUT2D eigenvalue weighted by atomic mass is 10.2. The Morgan fingerprint density at radius 3 is 2.52 bits per heavy atom. The second-order valence-electron chi connectivity index (χ2n) is 6.73. The number of amides is 1. The molecule has 2 aliphatic rings. The van der Waals surface area contributed by atoms with Crippen molar-refractivity contribution in [1.29, 1.82) is 0 Å². The average molecular weight is 389 g/mol. The van der Waals surface area contributed by atoms with Gasteiger partial charge in [0.2, 0.25) is 5.91 Å². The Bertz CT molecular complexity index is 511. The smallest absolute Gasteiger partial charge is 0.236 e. The van der Waals surface area contributed by atoms with Gasteiger partial charge < -0.3 is 10.2 Å². The molecular formula is C18H30Cl2N4O. The molecule has 25 heavy (non-hydrogen) atoms. The molecule has 0 bridgehead atoms. The van der Waals surface area contributed by atoms with E-state index in [0.29, 0.717) is 12.6 Å². The molecule has 2 saturated heterocycles. The standard InChI is InChI=1S/C18H28N4O.2ClH/c1-20(13-16-5-3-2-4-6-16)15-18(23)22-10-7-17(14-22)21-11-8-19-9-12-21;;/h2-6,17,19H,7-15H2,1H3;2*1H. The van der Waals surface area contributed by atoms with Crippen LogP contribution in [0.1, 0.15) is 12.0 Å². The molecule has 2 aliphatic heterocycles. The van der Waals surface area contributed by atoms with E-state index in [9.17, 15) is 4.79 Å². The highest BCUT2D eigenvalue weighted by molar-refractivity contribution is 5.85. The van der Waals surface area contributed by atoms with E-state index in [2.05, 4.69) is 27.2 Å². The van der Waals surface area contributed by atoms with Crippen molar-refractivity contribution in [2.45, 2.75) is 19.0 Å². The molecule has 1 aromatic rings. The fraction of sp³-hybridized carbons (Fsp3) is 0.611. The van der Waals surface area contributed by atoms with Gasteiger partial charge in [-0.3, -0.25) is 14.6 Å². The summed E-state index contributed by atoms with van der Waals surface area (Å²) in [7, 11) is 2.02. The van der Waals surface area contributed by atoms with Gasteiger partial charge in [0, 0.05) is 51.9 Å². The summed E-state index contributed by atoms with van der Waals surface area (Å²) in [5, 5.41) is 3.39. The van der Waals surface area contributed by atoms with Crippen molar-refractivity contribution in [3.05, 3.63) is 35.9 Å². The largest absolute Gasteiger partial charge is 0.340 e. The fourth-order valence-corrected chi connectivity index (χ4v) is 3.60. The van der Waals surface area contributed by atoms with Crippen LogP contribution in [0, 0.1) is 0 Å². The van der Waals surface area contributed by atoms with Gasteiger partial charge in [-0.25, -0.2) is 0 Å². The second kappa shape index (κ2) is 11.0. The van der Waals surface area contributed by atoms with Crippen LogP contribution >= 0.6 is 24.8 Å². The van der Waals surface area contributed by atoms with Crippen molar-refractivity contribution >= 4 is 30.7 Å². The van der Waals surface area contributed by atoms with Gasteiger partial charge in [0.1, 0.15) is 0 Å². The molecule has 1 amide bonds. The zero-order valence-electron chi connectivity index (χ0n) is 14.9. The first-order chi connectivity index (χ1) is 11.2. The molecule has 7 heteroatoms. The number of nitrogens with one attached hydrogen (secondary N) is 1. The van der Waals surface area contributed by atoms with E-state index in [0.717, 1.165) is 52.2 Å². The Morgan fingerprint density at radius 1 is 1.16 bits per heavy atom. The van der Waals surface area contributed by atoms with Crippen molar-refractivity contribution < 1.29 is 4.79 Å². The Morgan fingerprint density at radius 2 is 1.84 bits per heavy atom. The molecule has 0 aromatic heterocycles. The molecule has 2 heterocycles. The lowest BCUT2D eigenvalue weighted by molar-refractivity contribution is -0.131. The maximum absolute atomic E-state index is 12.5. The summed E-state index contributed by atoms with van der Waals surface area (Å²) in [4.78, 5) is 19.2. The number of rotatable bonds is 5. The number of halogens is 2. The number of nitrogens with zero attached hydrogens (tertiary/aromatic N) is 3. The Hall–Kier alpha value is -0.850. The van der Waals surface area contributed by atoms with Gasteiger partial charge in [0.05, 0.1) is 6.54 Å². The highest BCUT2D eigenvalue weighted by atomic mass is 35.5. The number of piperazine rings is 1. The highest BCUT2D eigenvalue weighted by Gasteiger charge is 2.30. The molecule has 142 valence electrons. The molecule has 0 radical (unpaired) electrons. The minimum absolute atomic E-state index is 0. The minimum atomic E-state index is 0. The van der Waals surface area contributed by atoms with E-state index in [1.54, 1.807) is 0 Å². The van der Waals surface area contributed by atoms with E-state index < -0.39 is 0 Å². The van der Waals surface area contributed by atoms with Gasteiger partial charge in [-0.2, -0.15) is 0 Å². The molecule has 2 fully saturated rings. The zero-order valence-corrected chi connectivity index (χ0v) is 16.5. The van der Waals surface area contributed by atoms with Crippen molar-refractivity contribution in [2.24, 2.45) is 0 Å². The van der Waals surface area contributed by atoms with Crippen molar-refractivity contribution in [1.82, 2.24) is 20.0 Å². The van der Waals surface area contributed by atoms with Gasteiger partial charge in [0.25, 0.3) is 0 Å². The Kier molecular flexibility index (Phi) is 9.75. The summed E-state index contributed by atoms with van der Waals surface area (Å²) in [6, 6.07) is 10.9. The highest BCUT2D eigenvalue weighted by Crippen LogP contribution is 2.16. The summed E-state index contributed by atoms with van der Waals surface area (Å²) in [6.07, 6.45) is 1.12. The Balaban J connectivity index is 0.00000156. The molecule has 1 unspecified atom stereocenters. The van der Waals surface area contributed by atoms with Crippen LogP contribution in [-0.4, -0.2) is 79.5 Å². The molecule has 1 atom stereocenters. The van der Waals surface area contributed by atoms with Gasteiger partial charge >= 0.3 is 0 Å². The SMILES string of the molecule is CN(CC(=O)N1CCC(N2CCNCC2)C1)Cc1ccccc1.Cl.Cl. The predicted molar refractivity (Wildman–Crippen MR) is 107 cm³/mol. The third-order valence-corrected chi connectivity index (χ3v) is 4.88. The van der Waals surface area contributed by atoms with Gasteiger partial charge in [-0.05, 0) is 19.0 Å². The van der Waals surface area contributed by atoms with Crippen molar-refractivity contribution in [3.63, 3.8) is 0 Å². The molecule has 1 aromatic carbocycles. The quantitative estimate of drug-likeness (QED) is 0.828. The van der Waals surface area contributed by atoms with E-state index in [1.807, 2.05) is 30.1 Å². The van der Waals surface area contributed by atoms with Crippen LogP contribution < -0.4 is 5.32 Å². The summed E-state index contributed by atoms with van der Waals surface area (Å²) in [6.45, 7) is 7.51. The van der Waals surface area contributed by atoms with E-state index in [-0.39, 0.29) is 30.7 Å². The van der Waals surface area contributed by atoms with Gasteiger partial charge in [-0.15, -0.1) is 24.8 Å². The van der Waals surface area contributed by atoms with Crippen LogP contribution in [0.3, 0.4) is 0 Å². The monoisotopic (exact) mass is 388 g/mol. The molecule has 3 rings (SSSR count). The Labute approximate surface area is 163 Å². The summed E-state index contributed by atoms with van der Waals surface area (Å²) >= 11 is 0. The van der Waals surface area contributed by atoms with Crippen LogP contribution in [0.4, 0.5) is 0 Å². The molecule has 0 saturated carbocycles. The van der Waals surface area contributed by atoms with E-state index >= 15 is 0 Å². The number of carbonyl (C=O) groups is 1. The third-order valence-electron chi connectivity index (χ3n) is 4.88. The van der Waals surface area contributed by atoms with Gasteiger partial charge in [0.15, 0.2) is 0 Å². The van der Waals surface area contributed by atoms with E-state index in [4.69, 9.17) is 0 Å².